The Morgan fingerprint density at radius 2 is 2.00 bits per heavy atom. The lowest BCUT2D eigenvalue weighted by Crippen LogP contribution is -2.26. The zero-order valence-electron chi connectivity index (χ0n) is 7.83. The van der Waals surface area contributed by atoms with Gasteiger partial charge in [-0.2, -0.15) is 0 Å². The Balaban J connectivity index is 2.60. The lowest BCUT2D eigenvalue weighted by atomic mass is 9.94. The fraction of sp³-hybridized carbons (Fsp3) is 0.273. The highest BCUT2D eigenvalue weighted by molar-refractivity contribution is 9.09. The van der Waals surface area contributed by atoms with E-state index in [0.29, 0.717) is 5.33 Å². The van der Waals surface area contributed by atoms with Gasteiger partial charge in [0.2, 0.25) is 0 Å². The molecule has 1 atom stereocenters. The largest absolute Gasteiger partial charge is 0.292 e. The van der Waals surface area contributed by atoms with Crippen molar-refractivity contribution in [2.24, 2.45) is 4.99 Å². The quantitative estimate of drug-likeness (QED) is 0.706. The molecule has 1 aromatic carbocycles. The van der Waals surface area contributed by atoms with E-state index in [1.165, 1.54) is 0 Å². The summed E-state index contributed by atoms with van der Waals surface area (Å²) in [6.07, 6.45) is 0. The highest BCUT2D eigenvalue weighted by atomic mass is 79.9. The van der Waals surface area contributed by atoms with E-state index in [1.807, 2.05) is 31.2 Å². The van der Waals surface area contributed by atoms with Gasteiger partial charge in [0.15, 0.2) is 5.78 Å². The summed E-state index contributed by atoms with van der Waals surface area (Å²) in [5, 5.41) is 0.696. The first-order valence-corrected chi connectivity index (χ1v) is 5.62. The number of carbonyl (C=O) groups excluding carboxylic acids is 1. The van der Waals surface area contributed by atoms with Crippen LogP contribution in [0.15, 0.2) is 29.3 Å². The van der Waals surface area contributed by atoms with Gasteiger partial charge < -0.3 is 0 Å². The van der Waals surface area contributed by atoms with Crippen molar-refractivity contribution in [3.8, 4) is 0 Å². The van der Waals surface area contributed by atoms with Crippen molar-refractivity contribution in [1.82, 2.24) is 0 Å². The molecule has 72 valence electrons. The number of ketones is 1. The monoisotopic (exact) mass is 251 g/mol. The number of nitrogens with zero attached hydrogens (tertiary/aromatic N) is 1. The standard InChI is InChI=1S/C11H10BrNO/c1-7-11(14)9-5-3-2-4-8(9)10(6-12)13-7/h2-5,7H,6H2,1H3/t7-/m1/s1. The molecule has 0 aliphatic carbocycles. The molecular formula is C11H10BrNO. The molecule has 1 aliphatic heterocycles. The highest BCUT2D eigenvalue weighted by Crippen LogP contribution is 2.20. The number of alkyl halides is 1. The molecule has 0 unspecified atom stereocenters. The van der Waals surface area contributed by atoms with Crippen molar-refractivity contribution in [3.63, 3.8) is 0 Å². The van der Waals surface area contributed by atoms with Gasteiger partial charge in [0.25, 0.3) is 0 Å². The van der Waals surface area contributed by atoms with Crippen LogP contribution >= 0.6 is 15.9 Å². The smallest absolute Gasteiger partial charge is 0.187 e. The lowest BCUT2D eigenvalue weighted by Gasteiger charge is -2.18. The number of rotatable bonds is 1. The molecule has 1 heterocycles. The molecule has 0 radical (unpaired) electrons. The second kappa shape index (κ2) is 3.65. The summed E-state index contributed by atoms with van der Waals surface area (Å²) in [5.41, 5.74) is 2.73. The second-order valence-electron chi connectivity index (χ2n) is 3.30. The van der Waals surface area contributed by atoms with Gasteiger partial charge in [-0.25, -0.2) is 0 Å². The van der Waals surface area contributed by atoms with Gasteiger partial charge >= 0.3 is 0 Å². The average molecular weight is 252 g/mol. The molecule has 14 heavy (non-hydrogen) atoms. The van der Waals surface area contributed by atoms with Crippen molar-refractivity contribution in [3.05, 3.63) is 35.4 Å². The van der Waals surface area contributed by atoms with E-state index in [4.69, 9.17) is 0 Å². The van der Waals surface area contributed by atoms with Crippen LogP contribution in [0.4, 0.5) is 0 Å². The summed E-state index contributed by atoms with van der Waals surface area (Å²) >= 11 is 3.39. The summed E-state index contributed by atoms with van der Waals surface area (Å²) in [5.74, 6) is 0.116. The first-order chi connectivity index (χ1) is 6.74. The van der Waals surface area contributed by atoms with Crippen molar-refractivity contribution in [2.45, 2.75) is 13.0 Å². The van der Waals surface area contributed by atoms with E-state index < -0.39 is 0 Å². The third-order valence-corrected chi connectivity index (χ3v) is 2.89. The molecule has 1 aliphatic rings. The Bertz CT molecular complexity index is 412. The molecule has 0 N–H and O–H groups in total. The fourth-order valence-corrected chi connectivity index (χ4v) is 2.09. The number of carbonyl (C=O) groups is 1. The zero-order valence-corrected chi connectivity index (χ0v) is 9.41. The Morgan fingerprint density at radius 3 is 2.64 bits per heavy atom. The number of hydrogen-bond acceptors (Lipinski definition) is 2. The Labute approximate surface area is 91.2 Å². The predicted molar refractivity (Wildman–Crippen MR) is 60.6 cm³/mol. The minimum atomic E-state index is -0.238. The molecule has 0 saturated carbocycles. The van der Waals surface area contributed by atoms with Crippen LogP contribution in [0.5, 0.6) is 0 Å². The molecular weight excluding hydrogens is 242 g/mol. The number of hydrogen-bond donors (Lipinski definition) is 0. The maximum absolute atomic E-state index is 11.8. The fourth-order valence-electron chi connectivity index (χ4n) is 1.64. The van der Waals surface area contributed by atoms with E-state index in [2.05, 4.69) is 20.9 Å². The Morgan fingerprint density at radius 1 is 1.36 bits per heavy atom. The first-order valence-electron chi connectivity index (χ1n) is 4.50. The number of fused-ring (bicyclic) bond motifs is 1. The average Bonchev–Trinajstić information content (AvgIpc) is 2.23. The van der Waals surface area contributed by atoms with Crippen LogP contribution in [0.25, 0.3) is 0 Å². The molecule has 0 spiro atoms. The first kappa shape index (κ1) is 9.59. The summed E-state index contributed by atoms with van der Waals surface area (Å²) in [4.78, 5) is 16.1. The van der Waals surface area contributed by atoms with Crippen LogP contribution in [0.1, 0.15) is 22.8 Å². The summed E-state index contributed by atoms with van der Waals surface area (Å²) in [6, 6.07) is 7.39. The number of Topliss-reactive ketones (excluding diaryl/α,β-unsaturated/α-hetero) is 1. The molecule has 2 rings (SSSR count). The molecule has 2 nitrogen and oxygen atoms in total. The van der Waals surface area contributed by atoms with Gasteiger partial charge in [-0.1, -0.05) is 40.2 Å². The third-order valence-electron chi connectivity index (χ3n) is 2.36. The number of aliphatic imine (C=N–C) groups is 1. The molecule has 0 aromatic heterocycles. The van der Waals surface area contributed by atoms with Crippen LogP contribution in [0.3, 0.4) is 0 Å². The predicted octanol–water partition coefficient (Wildman–Crippen LogP) is 2.46. The minimum absolute atomic E-state index is 0.116. The van der Waals surface area contributed by atoms with E-state index >= 15 is 0 Å². The van der Waals surface area contributed by atoms with Crippen molar-refractivity contribution in [1.29, 1.82) is 0 Å². The molecule has 3 heteroatoms. The topological polar surface area (TPSA) is 29.4 Å². The van der Waals surface area contributed by atoms with Crippen molar-refractivity contribution in [2.75, 3.05) is 5.33 Å². The molecule has 0 amide bonds. The summed E-state index contributed by atoms with van der Waals surface area (Å²) in [7, 11) is 0. The van der Waals surface area contributed by atoms with Crippen LogP contribution in [0, 0.1) is 0 Å². The normalized spacial score (nSPS) is 20.3. The van der Waals surface area contributed by atoms with Crippen LogP contribution in [-0.2, 0) is 0 Å². The van der Waals surface area contributed by atoms with E-state index in [9.17, 15) is 4.79 Å². The lowest BCUT2D eigenvalue weighted by molar-refractivity contribution is 0.0966. The Kier molecular flexibility index (Phi) is 2.50. The van der Waals surface area contributed by atoms with E-state index in [1.54, 1.807) is 0 Å². The van der Waals surface area contributed by atoms with E-state index in [-0.39, 0.29) is 11.8 Å². The molecule has 0 saturated heterocycles. The third kappa shape index (κ3) is 1.42. The van der Waals surface area contributed by atoms with Gasteiger partial charge in [0.1, 0.15) is 6.04 Å². The SMILES string of the molecule is C[C@H]1N=C(CBr)c2ccccc2C1=O. The van der Waals surface area contributed by atoms with Crippen LogP contribution in [-0.4, -0.2) is 22.9 Å². The maximum Gasteiger partial charge on any atom is 0.187 e. The van der Waals surface area contributed by atoms with Crippen LogP contribution < -0.4 is 0 Å². The van der Waals surface area contributed by atoms with Gasteiger partial charge in [-0.3, -0.25) is 9.79 Å². The van der Waals surface area contributed by atoms with Gasteiger partial charge in [0, 0.05) is 16.5 Å². The van der Waals surface area contributed by atoms with Crippen molar-refractivity contribution < 1.29 is 4.79 Å². The van der Waals surface area contributed by atoms with Gasteiger partial charge in [0.05, 0.1) is 5.71 Å². The molecule has 0 fully saturated rings. The maximum atomic E-state index is 11.8. The van der Waals surface area contributed by atoms with Crippen LogP contribution in [0.2, 0.25) is 0 Å². The minimum Gasteiger partial charge on any atom is -0.292 e. The van der Waals surface area contributed by atoms with Crippen molar-refractivity contribution >= 4 is 27.4 Å². The Hall–Kier alpha value is -0.960. The van der Waals surface area contributed by atoms with Gasteiger partial charge in [-0.05, 0) is 6.92 Å². The summed E-state index contributed by atoms with van der Waals surface area (Å²) < 4.78 is 0. The second-order valence-corrected chi connectivity index (χ2v) is 3.86. The van der Waals surface area contributed by atoms with E-state index in [0.717, 1.165) is 16.8 Å². The summed E-state index contributed by atoms with van der Waals surface area (Å²) in [6.45, 7) is 1.83. The number of benzene rings is 1. The zero-order chi connectivity index (χ0) is 10.1. The van der Waals surface area contributed by atoms with Gasteiger partial charge in [-0.15, -0.1) is 0 Å². The molecule has 0 bridgehead atoms. The molecule has 1 aromatic rings. The highest BCUT2D eigenvalue weighted by Gasteiger charge is 2.24. The number of halogens is 1.